The Labute approximate surface area is 109 Å². The molecule has 0 fully saturated rings. The summed E-state index contributed by atoms with van der Waals surface area (Å²) in [6.07, 6.45) is 2.82. The number of ether oxygens (including phenoxy) is 1. The third kappa shape index (κ3) is 12.3. The lowest BCUT2D eigenvalue weighted by Crippen LogP contribution is -2.31. The fourth-order valence-corrected chi connectivity index (χ4v) is 2.44. The zero-order chi connectivity index (χ0) is 13.1. The van der Waals surface area contributed by atoms with Crippen molar-refractivity contribution in [1.82, 2.24) is 0 Å². The molecule has 17 heavy (non-hydrogen) atoms. The summed E-state index contributed by atoms with van der Waals surface area (Å²) in [5, 5.41) is 0. The van der Waals surface area contributed by atoms with Gasteiger partial charge in [0.05, 0.1) is 6.23 Å². The molecule has 0 aliphatic carbocycles. The van der Waals surface area contributed by atoms with Gasteiger partial charge in [-0.15, -0.1) is 0 Å². The van der Waals surface area contributed by atoms with Gasteiger partial charge in [-0.1, -0.05) is 27.7 Å². The number of rotatable bonds is 11. The van der Waals surface area contributed by atoms with Gasteiger partial charge in [0.25, 0.3) is 0 Å². The van der Waals surface area contributed by atoms with E-state index in [1.54, 1.807) is 0 Å². The van der Waals surface area contributed by atoms with Crippen molar-refractivity contribution in [3.8, 4) is 0 Å². The monoisotopic (exact) mass is 261 g/mol. The fraction of sp³-hybridized carbons (Fsp3) is 1.00. The second-order valence-electron chi connectivity index (χ2n) is 5.07. The van der Waals surface area contributed by atoms with Crippen molar-refractivity contribution >= 4 is 9.28 Å². The van der Waals surface area contributed by atoms with Crippen molar-refractivity contribution in [2.45, 2.75) is 47.5 Å². The van der Waals surface area contributed by atoms with Crippen LogP contribution in [0.25, 0.3) is 0 Å². The molecule has 0 N–H and O–H groups in total. The summed E-state index contributed by atoms with van der Waals surface area (Å²) in [5.74, 6) is 1.36. The highest BCUT2D eigenvalue weighted by atomic mass is 28.3. The maximum Gasteiger partial charge on any atom is 0.413 e. The molecule has 0 aromatic heterocycles. The quantitative estimate of drug-likeness (QED) is 0.535. The van der Waals surface area contributed by atoms with E-state index in [0.29, 0.717) is 18.1 Å². The number of hydrogen-bond acceptors (Lipinski definition) is 3. The van der Waals surface area contributed by atoms with E-state index in [-0.39, 0.29) is 0 Å². The van der Waals surface area contributed by atoms with E-state index in [4.69, 9.17) is 13.6 Å². The molecular formula is C13H29O3Si. The van der Waals surface area contributed by atoms with Crippen LogP contribution < -0.4 is 0 Å². The summed E-state index contributed by atoms with van der Waals surface area (Å²) >= 11 is 0. The van der Waals surface area contributed by atoms with E-state index in [1.807, 2.05) is 6.92 Å². The van der Waals surface area contributed by atoms with Crippen LogP contribution in [0, 0.1) is 11.8 Å². The molecule has 0 aliphatic rings. The zero-order valence-corrected chi connectivity index (χ0v) is 13.1. The topological polar surface area (TPSA) is 27.7 Å². The van der Waals surface area contributed by atoms with E-state index < -0.39 is 9.28 Å². The van der Waals surface area contributed by atoms with Gasteiger partial charge in [-0.3, -0.25) is 0 Å². The summed E-state index contributed by atoms with van der Waals surface area (Å²) < 4.78 is 17.0. The van der Waals surface area contributed by atoms with Crippen LogP contribution >= 0.6 is 0 Å². The van der Waals surface area contributed by atoms with E-state index in [0.717, 1.165) is 32.7 Å². The van der Waals surface area contributed by atoms with E-state index >= 15 is 0 Å². The predicted molar refractivity (Wildman–Crippen MR) is 73.1 cm³/mol. The second-order valence-corrected chi connectivity index (χ2v) is 6.68. The summed E-state index contributed by atoms with van der Waals surface area (Å²) in [7, 11) is -1.22. The van der Waals surface area contributed by atoms with Gasteiger partial charge in [-0.25, -0.2) is 0 Å². The minimum Gasteiger partial charge on any atom is -0.392 e. The third-order valence-electron chi connectivity index (χ3n) is 2.34. The Bertz CT molecular complexity index is 149. The lowest BCUT2D eigenvalue weighted by molar-refractivity contribution is 0.120. The van der Waals surface area contributed by atoms with Crippen LogP contribution in [-0.2, 0) is 13.6 Å². The molecule has 0 bridgehead atoms. The van der Waals surface area contributed by atoms with Crippen molar-refractivity contribution in [3.05, 3.63) is 0 Å². The molecule has 103 valence electrons. The molecule has 0 atom stereocenters. The first-order valence-electron chi connectivity index (χ1n) is 6.75. The summed E-state index contributed by atoms with van der Waals surface area (Å²) in [5.41, 5.74) is 0. The maximum absolute atomic E-state index is 5.79. The average Bonchev–Trinajstić information content (AvgIpc) is 2.24. The van der Waals surface area contributed by atoms with Gasteiger partial charge in [0, 0.05) is 19.8 Å². The van der Waals surface area contributed by atoms with Crippen LogP contribution in [0.5, 0.6) is 0 Å². The van der Waals surface area contributed by atoms with Crippen molar-refractivity contribution in [2.75, 3.05) is 26.1 Å². The smallest absolute Gasteiger partial charge is 0.392 e. The highest BCUT2D eigenvalue weighted by Crippen LogP contribution is 2.04. The lowest BCUT2D eigenvalue weighted by atomic mass is 10.2. The molecule has 4 heteroatoms. The highest BCUT2D eigenvalue weighted by Gasteiger charge is 2.16. The molecule has 0 aliphatic heterocycles. The predicted octanol–water partition coefficient (Wildman–Crippen LogP) is 3.18. The largest absolute Gasteiger partial charge is 0.413 e. The first kappa shape index (κ1) is 17.1. The molecule has 0 heterocycles. The molecule has 0 saturated heterocycles. The van der Waals surface area contributed by atoms with Crippen molar-refractivity contribution in [3.63, 3.8) is 0 Å². The number of hydrogen-bond donors (Lipinski definition) is 0. The van der Waals surface area contributed by atoms with E-state index in [1.165, 1.54) is 0 Å². The molecule has 0 unspecified atom stereocenters. The highest BCUT2D eigenvalue weighted by molar-refractivity contribution is 6.44. The molecular weight excluding hydrogens is 232 g/mol. The lowest BCUT2D eigenvalue weighted by Gasteiger charge is -2.16. The van der Waals surface area contributed by atoms with Crippen molar-refractivity contribution in [1.29, 1.82) is 0 Å². The Balaban J connectivity index is 3.71. The molecule has 3 nitrogen and oxygen atoms in total. The minimum absolute atomic E-state index is 0.636. The van der Waals surface area contributed by atoms with Crippen LogP contribution in [0.1, 0.15) is 47.5 Å². The fourth-order valence-electron chi connectivity index (χ4n) is 1.13. The zero-order valence-electron chi connectivity index (χ0n) is 12.1. The Morgan fingerprint density at radius 1 is 0.882 bits per heavy atom. The normalized spacial score (nSPS) is 12.0. The Morgan fingerprint density at radius 2 is 1.35 bits per heavy atom. The van der Waals surface area contributed by atoms with E-state index in [2.05, 4.69) is 27.7 Å². The molecule has 0 aromatic rings. The van der Waals surface area contributed by atoms with E-state index in [9.17, 15) is 0 Å². The summed E-state index contributed by atoms with van der Waals surface area (Å²) in [4.78, 5) is 0. The first-order valence-corrected chi connectivity index (χ1v) is 8.27. The third-order valence-corrected chi connectivity index (χ3v) is 3.83. The molecule has 0 spiro atoms. The SMILES string of the molecule is CCOC[Si](OCCC(C)C)OCCC(C)C. The average molecular weight is 261 g/mol. The maximum atomic E-state index is 5.79. The molecule has 0 saturated carbocycles. The van der Waals surface area contributed by atoms with Gasteiger partial charge in [0.2, 0.25) is 0 Å². The van der Waals surface area contributed by atoms with Crippen LogP contribution in [0.3, 0.4) is 0 Å². The van der Waals surface area contributed by atoms with Crippen molar-refractivity contribution < 1.29 is 13.6 Å². The van der Waals surface area contributed by atoms with Gasteiger partial charge in [0.1, 0.15) is 0 Å². The molecule has 1 radical (unpaired) electrons. The van der Waals surface area contributed by atoms with Crippen LogP contribution in [0.2, 0.25) is 0 Å². The van der Waals surface area contributed by atoms with Gasteiger partial charge < -0.3 is 13.6 Å². The molecule has 0 rings (SSSR count). The Morgan fingerprint density at radius 3 is 1.71 bits per heavy atom. The van der Waals surface area contributed by atoms with Gasteiger partial charge in [0.15, 0.2) is 0 Å². The van der Waals surface area contributed by atoms with Crippen molar-refractivity contribution in [2.24, 2.45) is 11.8 Å². The summed E-state index contributed by atoms with van der Waals surface area (Å²) in [6, 6.07) is 0. The standard InChI is InChI=1S/C13H29O3Si/c1-6-14-11-17(15-9-7-12(2)3)16-10-8-13(4)5/h12-13H,6-11H2,1-5H3. The minimum atomic E-state index is -1.22. The Hall–Kier alpha value is 0.0969. The summed E-state index contributed by atoms with van der Waals surface area (Å²) in [6.45, 7) is 13.1. The van der Waals surface area contributed by atoms with Crippen LogP contribution in [0.4, 0.5) is 0 Å². The first-order chi connectivity index (χ1) is 8.06. The van der Waals surface area contributed by atoms with Gasteiger partial charge >= 0.3 is 9.28 Å². The van der Waals surface area contributed by atoms with Crippen LogP contribution in [-0.4, -0.2) is 35.3 Å². The molecule has 0 aromatic carbocycles. The second kappa shape index (κ2) is 11.2. The Kier molecular flexibility index (Phi) is 11.3. The van der Waals surface area contributed by atoms with Gasteiger partial charge in [-0.2, -0.15) is 0 Å². The molecule has 0 amide bonds. The van der Waals surface area contributed by atoms with Crippen LogP contribution in [0.15, 0.2) is 0 Å². The van der Waals surface area contributed by atoms with Gasteiger partial charge in [-0.05, 0) is 31.6 Å².